The Hall–Kier alpha value is -3.34. The summed E-state index contributed by atoms with van der Waals surface area (Å²) in [6.07, 6.45) is 5.41. The Morgan fingerprint density at radius 2 is 1.76 bits per heavy atom. The summed E-state index contributed by atoms with van der Waals surface area (Å²) in [6, 6.07) is 15.0. The van der Waals surface area contributed by atoms with Gasteiger partial charge in [-0.2, -0.15) is 0 Å². The molecular weight excluding hydrogens is 312 g/mol. The van der Waals surface area contributed by atoms with Crippen molar-refractivity contribution in [2.24, 2.45) is 4.99 Å². The minimum atomic E-state index is 0.408. The van der Waals surface area contributed by atoms with Gasteiger partial charge in [0, 0.05) is 11.4 Å². The van der Waals surface area contributed by atoms with Gasteiger partial charge >= 0.3 is 0 Å². The molecule has 0 unspecified atom stereocenters. The average molecular weight is 332 g/mol. The van der Waals surface area contributed by atoms with Gasteiger partial charge in [0.05, 0.1) is 29.4 Å². The van der Waals surface area contributed by atoms with Crippen molar-refractivity contribution in [2.45, 2.75) is 6.92 Å². The predicted octanol–water partition coefficient (Wildman–Crippen LogP) is 4.33. The molecule has 25 heavy (non-hydrogen) atoms. The van der Waals surface area contributed by atoms with Crippen molar-refractivity contribution in [1.29, 1.82) is 5.41 Å². The smallest absolute Gasteiger partial charge is 0.119 e. The zero-order valence-corrected chi connectivity index (χ0v) is 14.0. The molecule has 0 bridgehead atoms. The largest absolute Gasteiger partial charge is 0.494 e. The summed E-state index contributed by atoms with van der Waals surface area (Å²) in [7, 11) is 0. The summed E-state index contributed by atoms with van der Waals surface area (Å²) in [5.74, 6) is 0.825. The second kappa shape index (κ2) is 7.49. The highest BCUT2D eigenvalue weighted by molar-refractivity contribution is 6.21. The average Bonchev–Trinajstić information content (AvgIpc) is 2.62. The van der Waals surface area contributed by atoms with Crippen molar-refractivity contribution in [3.05, 3.63) is 72.5 Å². The molecule has 0 heterocycles. The Bertz CT molecular complexity index is 846. The van der Waals surface area contributed by atoms with Gasteiger partial charge in [0.2, 0.25) is 0 Å². The third kappa shape index (κ3) is 4.35. The van der Waals surface area contributed by atoms with E-state index in [-0.39, 0.29) is 0 Å². The minimum absolute atomic E-state index is 0.408. The van der Waals surface area contributed by atoms with E-state index in [4.69, 9.17) is 15.9 Å². The summed E-state index contributed by atoms with van der Waals surface area (Å²) in [6.45, 7) is 2.59. The standard InChI is InChI=1S/C20H20N4O/c1-2-25-18-10-7-16(8-11-18)24-20-13-17(9-12-19(20)22)23-15-5-3-14(21)4-6-15/h3-13,22,24H,2,21H2,1H3/b22-19?,23-17+. The molecular formula is C20H20N4O. The number of hydrogen-bond acceptors (Lipinski definition) is 5. The van der Waals surface area contributed by atoms with Gasteiger partial charge < -0.3 is 15.8 Å². The summed E-state index contributed by atoms with van der Waals surface area (Å²) in [5.41, 5.74) is 9.98. The highest BCUT2D eigenvalue weighted by Gasteiger charge is 2.09. The first-order chi connectivity index (χ1) is 12.1. The molecule has 1 aliphatic rings. The van der Waals surface area contributed by atoms with Crippen molar-refractivity contribution < 1.29 is 4.74 Å². The molecule has 0 spiro atoms. The number of nitrogen functional groups attached to an aromatic ring is 1. The molecule has 3 rings (SSSR count). The number of rotatable bonds is 5. The molecule has 0 atom stereocenters. The normalized spacial score (nSPS) is 15.2. The lowest BCUT2D eigenvalue weighted by Gasteiger charge is -2.14. The highest BCUT2D eigenvalue weighted by Crippen LogP contribution is 2.20. The lowest BCUT2D eigenvalue weighted by atomic mass is 10.1. The van der Waals surface area contributed by atoms with Crippen molar-refractivity contribution >= 4 is 28.5 Å². The van der Waals surface area contributed by atoms with Gasteiger partial charge in [-0.3, -0.25) is 5.41 Å². The van der Waals surface area contributed by atoms with E-state index in [1.807, 2.05) is 67.6 Å². The van der Waals surface area contributed by atoms with E-state index in [0.29, 0.717) is 23.7 Å². The maximum Gasteiger partial charge on any atom is 0.119 e. The molecule has 2 aromatic rings. The number of anilines is 2. The molecule has 0 aliphatic heterocycles. The first-order valence-corrected chi connectivity index (χ1v) is 8.07. The van der Waals surface area contributed by atoms with Gasteiger partial charge in [0.1, 0.15) is 5.75 Å². The quantitative estimate of drug-likeness (QED) is 0.563. The highest BCUT2D eigenvalue weighted by atomic mass is 16.5. The number of nitrogens with zero attached hydrogens (tertiary/aromatic N) is 1. The van der Waals surface area contributed by atoms with Crippen molar-refractivity contribution in [1.82, 2.24) is 0 Å². The number of nitrogens with two attached hydrogens (primary N) is 1. The van der Waals surface area contributed by atoms with Crippen LogP contribution in [0.15, 0.2) is 77.4 Å². The van der Waals surface area contributed by atoms with Crippen LogP contribution in [0.25, 0.3) is 0 Å². The van der Waals surface area contributed by atoms with Crippen LogP contribution < -0.4 is 15.8 Å². The van der Waals surface area contributed by atoms with Crippen LogP contribution in [0.3, 0.4) is 0 Å². The zero-order valence-electron chi connectivity index (χ0n) is 14.0. The molecule has 0 saturated carbocycles. The van der Waals surface area contributed by atoms with Crippen LogP contribution in [0.5, 0.6) is 5.75 Å². The van der Waals surface area contributed by atoms with Crippen LogP contribution in [0.4, 0.5) is 17.1 Å². The van der Waals surface area contributed by atoms with Crippen molar-refractivity contribution in [3.63, 3.8) is 0 Å². The number of allylic oxidation sites excluding steroid dienone is 3. The van der Waals surface area contributed by atoms with E-state index < -0.39 is 0 Å². The van der Waals surface area contributed by atoms with Crippen LogP contribution in [-0.2, 0) is 0 Å². The maximum absolute atomic E-state index is 8.09. The Balaban J connectivity index is 1.78. The van der Waals surface area contributed by atoms with E-state index in [2.05, 4.69) is 10.3 Å². The number of hydrogen-bond donors (Lipinski definition) is 3. The molecule has 0 aromatic heterocycles. The fourth-order valence-corrected chi connectivity index (χ4v) is 2.36. The number of ether oxygens (including phenoxy) is 1. The third-order valence-corrected chi connectivity index (χ3v) is 3.60. The molecule has 2 aromatic carbocycles. The maximum atomic E-state index is 8.09. The van der Waals surface area contributed by atoms with Crippen molar-refractivity contribution in [2.75, 3.05) is 17.7 Å². The Labute approximate surface area is 147 Å². The predicted molar refractivity (Wildman–Crippen MR) is 104 cm³/mol. The molecule has 0 fully saturated rings. The molecule has 5 nitrogen and oxygen atoms in total. The third-order valence-electron chi connectivity index (χ3n) is 3.60. The summed E-state index contributed by atoms with van der Waals surface area (Å²) in [4.78, 5) is 4.57. The number of nitrogens with one attached hydrogen (secondary N) is 2. The minimum Gasteiger partial charge on any atom is -0.494 e. The number of aliphatic imine (C=N–C) groups is 1. The molecule has 4 N–H and O–H groups in total. The van der Waals surface area contributed by atoms with Crippen LogP contribution in [-0.4, -0.2) is 18.0 Å². The fourth-order valence-electron chi connectivity index (χ4n) is 2.36. The second-order valence-corrected chi connectivity index (χ2v) is 5.52. The van der Waals surface area contributed by atoms with Crippen LogP contribution in [0.2, 0.25) is 0 Å². The summed E-state index contributed by atoms with van der Waals surface area (Å²) >= 11 is 0. The lowest BCUT2D eigenvalue weighted by Crippen LogP contribution is -2.14. The van der Waals surface area contributed by atoms with Gasteiger partial charge in [-0.05, 0) is 73.7 Å². The van der Waals surface area contributed by atoms with Crippen LogP contribution in [0, 0.1) is 5.41 Å². The first-order valence-electron chi connectivity index (χ1n) is 8.07. The Morgan fingerprint density at radius 1 is 1.04 bits per heavy atom. The van der Waals surface area contributed by atoms with E-state index >= 15 is 0 Å². The molecule has 0 radical (unpaired) electrons. The molecule has 5 heteroatoms. The Kier molecular flexibility index (Phi) is 4.95. The van der Waals surface area contributed by atoms with E-state index in [1.54, 1.807) is 6.08 Å². The molecule has 0 amide bonds. The summed E-state index contributed by atoms with van der Waals surface area (Å²) < 4.78 is 5.44. The van der Waals surface area contributed by atoms with Gasteiger partial charge in [0.25, 0.3) is 0 Å². The van der Waals surface area contributed by atoms with Crippen LogP contribution in [0.1, 0.15) is 6.92 Å². The SMILES string of the molecule is CCOc1ccc(NC2=C/C(=N/c3ccc(N)cc3)C=CC2=N)cc1. The molecule has 126 valence electrons. The van der Waals surface area contributed by atoms with Crippen molar-refractivity contribution in [3.8, 4) is 5.75 Å². The van der Waals surface area contributed by atoms with E-state index in [1.165, 1.54) is 0 Å². The molecule has 0 saturated heterocycles. The fraction of sp³-hybridized carbons (Fsp3) is 0.100. The monoisotopic (exact) mass is 332 g/mol. The zero-order chi connectivity index (χ0) is 17.6. The first kappa shape index (κ1) is 16.5. The van der Waals surface area contributed by atoms with E-state index in [9.17, 15) is 0 Å². The molecule has 1 aliphatic carbocycles. The Morgan fingerprint density at radius 3 is 2.44 bits per heavy atom. The van der Waals surface area contributed by atoms with Gasteiger partial charge in [-0.1, -0.05) is 0 Å². The van der Waals surface area contributed by atoms with Gasteiger partial charge in [-0.25, -0.2) is 4.99 Å². The van der Waals surface area contributed by atoms with Gasteiger partial charge in [0.15, 0.2) is 0 Å². The summed E-state index contributed by atoms with van der Waals surface area (Å²) in [5, 5.41) is 11.3. The number of benzene rings is 2. The van der Waals surface area contributed by atoms with Crippen LogP contribution >= 0.6 is 0 Å². The van der Waals surface area contributed by atoms with E-state index in [0.717, 1.165) is 22.8 Å². The van der Waals surface area contributed by atoms with Gasteiger partial charge in [-0.15, -0.1) is 0 Å². The second-order valence-electron chi connectivity index (χ2n) is 5.52. The lowest BCUT2D eigenvalue weighted by molar-refractivity contribution is 0.340. The topological polar surface area (TPSA) is 83.5 Å².